The lowest BCUT2D eigenvalue weighted by atomic mass is 10.3. The number of aromatic nitrogens is 3. The van der Waals surface area contributed by atoms with E-state index in [2.05, 4.69) is 15.4 Å². The molecule has 11 heteroatoms. The zero-order valence-electron chi connectivity index (χ0n) is 18.9. The van der Waals surface area contributed by atoms with E-state index in [1.165, 1.54) is 23.5 Å². The van der Waals surface area contributed by atoms with Gasteiger partial charge in [0.05, 0.1) is 17.1 Å². The number of carbonyl (C=O) groups excluding carboxylic acids is 2. The van der Waals surface area contributed by atoms with E-state index in [1.807, 2.05) is 22.4 Å². The van der Waals surface area contributed by atoms with Crippen LogP contribution in [0.5, 0.6) is 0 Å². The minimum absolute atomic E-state index is 0.0313. The molecular formula is C23H27FN6O3S. The van der Waals surface area contributed by atoms with Crippen LogP contribution in [-0.2, 0) is 9.53 Å². The number of ether oxygens (including phenoxy) is 1. The van der Waals surface area contributed by atoms with Crippen molar-refractivity contribution in [2.45, 2.75) is 6.42 Å². The van der Waals surface area contributed by atoms with Gasteiger partial charge in [-0.25, -0.2) is 14.1 Å². The predicted octanol–water partition coefficient (Wildman–Crippen LogP) is 2.05. The van der Waals surface area contributed by atoms with Gasteiger partial charge in [-0.3, -0.25) is 14.5 Å². The van der Waals surface area contributed by atoms with Gasteiger partial charge in [-0.15, -0.1) is 16.4 Å². The number of hydrogen-bond donors (Lipinski definition) is 1. The van der Waals surface area contributed by atoms with E-state index < -0.39 is 0 Å². The van der Waals surface area contributed by atoms with Crippen LogP contribution in [0, 0.1) is 5.82 Å². The Morgan fingerprint density at radius 1 is 1.15 bits per heavy atom. The fourth-order valence-electron chi connectivity index (χ4n) is 3.68. The van der Waals surface area contributed by atoms with E-state index in [1.54, 1.807) is 28.8 Å². The van der Waals surface area contributed by atoms with Crippen molar-refractivity contribution in [3.63, 3.8) is 0 Å². The van der Waals surface area contributed by atoms with Crippen LogP contribution >= 0.6 is 11.3 Å². The van der Waals surface area contributed by atoms with Gasteiger partial charge in [0.2, 0.25) is 11.7 Å². The van der Waals surface area contributed by atoms with Crippen molar-refractivity contribution >= 4 is 23.2 Å². The number of nitrogens with one attached hydrogen (secondary N) is 1. The Morgan fingerprint density at radius 2 is 1.91 bits per heavy atom. The fourth-order valence-corrected chi connectivity index (χ4v) is 4.38. The summed E-state index contributed by atoms with van der Waals surface area (Å²) in [6.07, 6.45) is 0.773. The van der Waals surface area contributed by atoms with E-state index >= 15 is 0 Å². The molecule has 0 aliphatic carbocycles. The topological polar surface area (TPSA) is 92.6 Å². The number of methoxy groups -OCH3 is 1. The summed E-state index contributed by atoms with van der Waals surface area (Å²) in [4.78, 5) is 34.4. The number of nitrogens with zero attached hydrogens (tertiary/aromatic N) is 5. The molecule has 9 nitrogen and oxygen atoms in total. The average Bonchev–Trinajstić information content (AvgIpc) is 3.53. The first kappa shape index (κ1) is 24.0. The summed E-state index contributed by atoms with van der Waals surface area (Å²) in [6, 6.07) is 9.72. The van der Waals surface area contributed by atoms with Crippen LogP contribution in [0.4, 0.5) is 4.39 Å². The molecule has 0 atom stereocenters. The Balaban J connectivity index is 1.40. The minimum atomic E-state index is -0.348. The number of thiophene rings is 1. The van der Waals surface area contributed by atoms with Crippen LogP contribution in [0.2, 0.25) is 0 Å². The first-order valence-electron chi connectivity index (χ1n) is 11.1. The average molecular weight is 487 g/mol. The monoisotopic (exact) mass is 486 g/mol. The third-order valence-corrected chi connectivity index (χ3v) is 6.35. The van der Waals surface area contributed by atoms with Gasteiger partial charge in [0.15, 0.2) is 5.82 Å². The number of rotatable bonds is 9. The van der Waals surface area contributed by atoms with Gasteiger partial charge >= 0.3 is 0 Å². The molecule has 3 heterocycles. The second kappa shape index (κ2) is 11.3. The van der Waals surface area contributed by atoms with E-state index in [-0.39, 0.29) is 23.5 Å². The van der Waals surface area contributed by atoms with Crippen LogP contribution in [0.1, 0.15) is 17.0 Å². The number of benzene rings is 1. The van der Waals surface area contributed by atoms with Crippen LogP contribution in [-0.4, -0.2) is 89.4 Å². The molecule has 2 amide bonds. The van der Waals surface area contributed by atoms with Gasteiger partial charge < -0.3 is 15.0 Å². The highest BCUT2D eigenvalue weighted by Gasteiger charge is 2.27. The highest BCUT2D eigenvalue weighted by molar-refractivity contribution is 7.13. The molecular weight excluding hydrogens is 459 g/mol. The van der Waals surface area contributed by atoms with E-state index in [9.17, 15) is 14.0 Å². The first-order chi connectivity index (χ1) is 16.5. The second-order valence-electron chi connectivity index (χ2n) is 7.89. The molecule has 0 radical (unpaired) electrons. The maximum Gasteiger partial charge on any atom is 0.293 e. The molecule has 1 aromatic carbocycles. The molecule has 180 valence electrons. The molecule has 0 spiro atoms. The van der Waals surface area contributed by atoms with Crippen molar-refractivity contribution in [1.29, 1.82) is 0 Å². The SMILES string of the molecule is COCCCNC(=O)CN1CCN(C(=O)c2nc(-c3cccs3)n(-c3ccc(F)cc3)n2)CC1. The Hall–Kier alpha value is -3.15. The molecule has 3 aromatic rings. The molecule has 1 fully saturated rings. The summed E-state index contributed by atoms with van der Waals surface area (Å²) >= 11 is 1.49. The van der Waals surface area contributed by atoms with Crippen molar-refractivity contribution in [3.8, 4) is 16.4 Å². The van der Waals surface area contributed by atoms with Gasteiger partial charge in [-0.2, -0.15) is 0 Å². The maximum atomic E-state index is 13.4. The van der Waals surface area contributed by atoms with Gasteiger partial charge in [-0.05, 0) is 42.1 Å². The Labute approximate surface area is 201 Å². The van der Waals surface area contributed by atoms with Crippen LogP contribution < -0.4 is 5.32 Å². The predicted molar refractivity (Wildman–Crippen MR) is 126 cm³/mol. The van der Waals surface area contributed by atoms with Gasteiger partial charge in [0.1, 0.15) is 5.82 Å². The number of amides is 2. The first-order valence-corrected chi connectivity index (χ1v) is 12.0. The van der Waals surface area contributed by atoms with E-state index in [0.717, 1.165) is 11.3 Å². The molecule has 34 heavy (non-hydrogen) atoms. The molecule has 1 saturated heterocycles. The lowest BCUT2D eigenvalue weighted by molar-refractivity contribution is -0.122. The molecule has 1 N–H and O–H groups in total. The lowest BCUT2D eigenvalue weighted by Crippen LogP contribution is -2.51. The normalized spacial score (nSPS) is 14.4. The van der Waals surface area contributed by atoms with Crippen LogP contribution in [0.3, 0.4) is 0 Å². The maximum absolute atomic E-state index is 13.4. The number of hydrogen-bond acceptors (Lipinski definition) is 7. The molecule has 0 saturated carbocycles. The van der Waals surface area contributed by atoms with Crippen molar-refractivity contribution in [3.05, 3.63) is 53.4 Å². The highest BCUT2D eigenvalue weighted by Crippen LogP contribution is 2.26. The molecule has 2 aromatic heterocycles. The molecule has 1 aliphatic rings. The Bertz CT molecular complexity index is 1090. The third kappa shape index (κ3) is 5.85. The summed E-state index contributed by atoms with van der Waals surface area (Å²) in [5.74, 6) is -0.0105. The Morgan fingerprint density at radius 3 is 2.59 bits per heavy atom. The second-order valence-corrected chi connectivity index (χ2v) is 8.84. The standard InChI is InChI=1S/C23H27FN6O3S/c1-33-14-3-9-25-20(31)16-28-10-12-29(13-11-28)23(32)21-26-22(19-4-2-15-34-19)30(27-21)18-7-5-17(24)6-8-18/h2,4-8,15H,3,9-14,16H2,1H3,(H,25,31). The summed E-state index contributed by atoms with van der Waals surface area (Å²) in [5, 5.41) is 9.27. The zero-order chi connectivity index (χ0) is 23.9. The third-order valence-electron chi connectivity index (χ3n) is 5.49. The fraction of sp³-hybridized carbons (Fsp3) is 0.391. The molecule has 4 rings (SSSR count). The smallest absolute Gasteiger partial charge is 0.293 e. The van der Waals surface area contributed by atoms with Gasteiger partial charge in [0.25, 0.3) is 5.91 Å². The quantitative estimate of drug-likeness (QED) is 0.466. The van der Waals surface area contributed by atoms with E-state index in [0.29, 0.717) is 57.4 Å². The summed E-state index contributed by atoms with van der Waals surface area (Å²) in [7, 11) is 1.63. The van der Waals surface area contributed by atoms with Crippen LogP contribution in [0.15, 0.2) is 41.8 Å². The number of carbonyl (C=O) groups is 2. The van der Waals surface area contributed by atoms with Crippen molar-refractivity contribution in [1.82, 2.24) is 29.9 Å². The number of piperazine rings is 1. The van der Waals surface area contributed by atoms with Gasteiger partial charge in [0, 0.05) is 46.4 Å². The largest absolute Gasteiger partial charge is 0.385 e. The molecule has 0 bridgehead atoms. The minimum Gasteiger partial charge on any atom is -0.385 e. The molecule has 0 unspecified atom stereocenters. The van der Waals surface area contributed by atoms with Crippen molar-refractivity contribution < 1.29 is 18.7 Å². The van der Waals surface area contributed by atoms with Crippen molar-refractivity contribution in [2.75, 3.05) is 53.0 Å². The van der Waals surface area contributed by atoms with Crippen LogP contribution in [0.25, 0.3) is 16.4 Å². The summed E-state index contributed by atoms with van der Waals surface area (Å²) < 4.78 is 20.0. The Kier molecular flexibility index (Phi) is 7.99. The van der Waals surface area contributed by atoms with E-state index in [4.69, 9.17) is 4.74 Å². The number of halogens is 1. The summed E-state index contributed by atoms with van der Waals surface area (Å²) in [6.45, 7) is 3.64. The summed E-state index contributed by atoms with van der Waals surface area (Å²) in [5.41, 5.74) is 0.623. The zero-order valence-corrected chi connectivity index (χ0v) is 19.8. The lowest BCUT2D eigenvalue weighted by Gasteiger charge is -2.33. The van der Waals surface area contributed by atoms with Crippen molar-refractivity contribution in [2.24, 2.45) is 0 Å². The highest BCUT2D eigenvalue weighted by atomic mass is 32.1. The molecule has 1 aliphatic heterocycles. The van der Waals surface area contributed by atoms with Gasteiger partial charge in [-0.1, -0.05) is 6.07 Å².